The number of rotatable bonds is 3. The number of amides is 2. The predicted molar refractivity (Wildman–Crippen MR) is 153 cm³/mol. The lowest BCUT2D eigenvalue weighted by Gasteiger charge is -2.42. The van der Waals surface area contributed by atoms with Crippen molar-refractivity contribution in [1.29, 1.82) is 0 Å². The van der Waals surface area contributed by atoms with E-state index in [9.17, 15) is 50.6 Å². The van der Waals surface area contributed by atoms with Crippen LogP contribution in [-0.4, -0.2) is 35.6 Å². The topological polar surface area (TPSA) is 101 Å². The van der Waals surface area contributed by atoms with Crippen LogP contribution in [0.2, 0.25) is 0 Å². The van der Waals surface area contributed by atoms with Gasteiger partial charge in [-0.1, -0.05) is 27.6 Å². The van der Waals surface area contributed by atoms with Gasteiger partial charge in [0.15, 0.2) is 23.1 Å². The zero-order valence-corrected chi connectivity index (χ0v) is 25.4. The van der Waals surface area contributed by atoms with Crippen molar-refractivity contribution >= 4 is 45.0 Å². The van der Waals surface area contributed by atoms with Gasteiger partial charge in [0.25, 0.3) is 0 Å². The standard InChI is InChI=1S/C32H22BrF6NO6/c1-12-5-22(41)20-11-19-17(24(26(20)27(12)42)21-9-15(33)10-23(46-2)28(21)43)3-4-18-25(19)30(45)40(29(18)44)16-7-13(31(34,35)36)6-14(8-16)32(37,38)39/h3,5-10,18-19,24-25,43H,4,11H2,1-2H3. The molecule has 3 aliphatic carbocycles. The van der Waals surface area contributed by atoms with Crippen LogP contribution < -0.4 is 9.64 Å². The lowest BCUT2D eigenvalue weighted by molar-refractivity contribution is -0.143. The first kappa shape index (κ1) is 31.8. The number of halogens is 7. The van der Waals surface area contributed by atoms with Crippen LogP contribution in [0.25, 0.3) is 0 Å². The number of methoxy groups -OCH3 is 1. The number of allylic oxidation sites excluding steroid dienone is 6. The number of carbonyl (C=O) groups excluding carboxylic acids is 4. The quantitative estimate of drug-likeness (QED) is 0.162. The van der Waals surface area contributed by atoms with Crippen LogP contribution in [-0.2, 0) is 31.5 Å². The van der Waals surface area contributed by atoms with Crippen molar-refractivity contribution in [2.24, 2.45) is 17.8 Å². The van der Waals surface area contributed by atoms with Crippen LogP contribution in [0.15, 0.2) is 69.2 Å². The Kier molecular flexibility index (Phi) is 7.37. The number of hydrogen-bond acceptors (Lipinski definition) is 6. The molecule has 2 amide bonds. The Morgan fingerprint density at radius 2 is 1.54 bits per heavy atom. The molecular weight excluding hydrogens is 688 g/mol. The molecule has 46 heavy (non-hydrogen) atoms. The molecule has 7 nitrogen and oxygen atoms in total. The maximum atomic E-state index is 14.0. The molecule has 1 saturated heterocycles. The molecule has 2 aromatic rings. The summed E-state index contributed by atoms with van der Waals surface area (Å²) >= 11 is 3.35. The molecular formula is C32H22BrF6NO6. The van der Waals surface area contributed by atoms with Crippen molar-refractivity contribution in [3.63, 3.8) is 0 Å². The molecule has 4 atom stereocenters. The van der Waals surface area contributed by atoms with Gasteiger partial charge in [-0.05, 0) is 62.1 Å². The number of ketones is 2. The van der Waals surface area contributed by atoms with E-state index in [0.717, 1.165) is 6.08 Å². The number of aromatic hydroxyl groups is 1. The highest BCUT2D eigenvalue weighted by Crippen LogP contribution is 2.57. The van der Waals surface area contributed by atoms with E-state index in [1.165, 1.54) is 26.2 Å². The number of fused-ring (bicyclic) bond motifs is 3. The van der Waals surface area contributed by atoms with Gasteiger partial charge in [-0.25, -0.2) is 4.90 Å². The Balaban J connectivity index is 1.51. The summed E-state index contributed by atoms with van der Waals surface area (Å²) < 4.78 is 87.6. The highest BCUT2D eigenvalue weighted by molar-refractivity contribution is 9.10. The van der Waals surface area contributed by atoms with Gasteiger partial charge in [0.2, 0.25) is 11.8 Å². The van der Waals surface area contributed by atoms with Gasteiger partial charge in [0.1, 0.15) is 0 Å². The highest BCUT2D eigenvalue weighted by Gasteiger charge is 2.57. The number of ether oxygens (including phenoxy) is 1. The molecule has 6 rings (SSSR count). The number of hydrogen-bond donors (Lipinski definition) is 1. The second-order valence-electron chi connectivity index (χ2n) is 11.6. The normalized spacial score (nSPS) is 24.8. The van der Waals surface area contributed by atoms with E-state index in [0.29, 0.717) is 27.1 Å². The van der Waals surface area contributed by atoms with Crippen molar-refractivity contribution in [3.8, 4) is 11.5 Å². The minimum absolute atomic E-state index is 0.0353. The fraction of sp³-hybridized carbons (Fsp3) is 0.312. The van der Waals surface area contributed by atoms with E-state index in [-0.39, 0.29) is 52.7 Å². The number of phenolic OH excluding ortho intramolecular Hbond substituents is 1. The number of alkyl halides is 6. The Labute approximate surface area is 265 Å². The first-order valence-corrected chi connectivity index (χ1v) is 14.7. The summed E-state index contributed by atoms with van der Waals surface area (Å²) in [6.45, 7) is 1.46. The molecule has 0 spiro atoms. The Morgan fingerprint density at radius 3 is 2.13 bits per heavy atom. The molecule has 4 aliphatic rings. The lowest BCUT2D eigenvalue weighted by Crippen LogP contribution is -2.40. The number of anilines is 1. The van der Waals surface area contributed by atoms with Crippen molar-refractivity contribution in [2.75, 3.05) is 12.0 Å². The van der Waals surface area contributed by atoms with Gasteiger partial charge >= 0.3 is 12.4 Å². The van der Waals surface area contributed by atoms with Crippen molar-refractivity contribution in [1.82, 2.24) is 0 Å². The third kappa shape index (κ3) is 4.88. The summed E-state index contributed by atoms with van der Waals surface area (Å²) in [5.74, 6) is -7.80. The fourth-order valence-electron chi connectivity index (χ4n) is 7.01. The van der Waals surface area contributed by atoms with E-state index >= 15 is 0 Å². The largest absolute Gasteiger partial charge is 0.504 e. The van der Waals surface area contributed by atoms with E-state index in [4.69, 9.17) is 4.74 Å². The number of benzene rings is 2. The summed E-state index contributed by atoms with van der Waals surface area (Å²) in [5.41, 5.74) is -3.43. The van der Waals surface area contributed by atoms with Gasteiger partial charge in [0, 0.05) is 32.7 Å². The third-order valence-corrected chi connectivity index (χ3v) is 9.45. The monoisotopic (exact) mass is 709 g/mol. The van der Waals surface area contributed by atoms with Gasteiger partial charge in [-0.15, -0.1) is 0 Å². The fourth-order valence-corrected chi connectivity index (χ4v) is 7.46. The average Bonchev–Trinajstić information content (AvgIpc) is 3.24. The molecule has 1 N–H and O–H groups in total. The van der Waals surface area contributed by atoms with Crippen molar-refractivity contribution in [3.05, 3.63) is 85.9 Å². The first-order chi connectivity index (χ1) is 21.4. The van der Waals surface area contributed by atoms with Gasteiger partial charge in [0.05, 0.1) is 35.8 Å². The smallest absolute Gasteiger partial charge is 0.416 e. The molecule has 0 bridgehead atoms. The van der Waals surface area contributed by atoms with Crippen molar-refractivity contribution < 1.29 is 55.4 Å². The van der Waals surface area contributed by atoms with Gasteiger partial charge in [-0.2, -0.15) is 26.3 Å². The molecule has 1 heterocycles. The van der Waals surface area contributed by atoms with Crippen LogP contribution in [0.5, 0.6) is 11.5 Å². The summed E-state index contributed by atoms with van der Waals surface area (Å²) in [6, 6.07) is 3.54. The number of phenols is 1. The first-order valence-electron chi connectivity index (χ1n) is 13.9. The van der Waals surface area contributed by atoms with Crippen LogP contribution in [0.4, 0.5) is 32.0 Å². The summed E-state index contributed by atoms with van der Waals surface area (Å²) in [4.78, 5) is 54.9. The molecule has 1 fully saturated rings. The number of imide groups is 1. The Bertz CT molecular complexity index is 1820. The Hall–Kier alpha value is -4.20. The molecule has 2 aromatic carbocycles. The van der Waals surface area contributed by atoms with Crippen LogP contribution >= 0.6 is 15.9 Å². The van der Waals surface area contributed by atoms with E-state index in [1.807, 2.05) is 0 Å². The minimum Gasteiger partial charge on any atom is -0.504 e. The van der Waals surface area contributed by atoms with E-state index in [1.54, 1.807) is 6.08 Å². The van der Waals surface area contributed by atoms with Crippen LogP contribution in [0.3, 0.4) is 0 Å². The molecule has 0 saturated carbocycles. The molecule has 0 radical (unpaired) electrons. The molecule has 240 valence electrons. The predicted octanol–water partition coefficient (Wildman–Crippen LogP) is 6.84. The molecule has 1 aliphatic heterocycles. The van der Waals surface area contributed by atoms with E-state index < -0.39 is 76.2 Å². The number of nitrogens with zero attached hydrogens (tertiary/aromatic N) is 1. The third-order valence-electron chi connectivity index (χ3n) is 9.00. The maximum Gasteiger partial charge on any atom is 0.416 e. The zero-order valence-electron chi connectivity index (χ0n) is 23.8. The van der Waals surface area contributed by atoms with Crippen molar-refractivity contribution in [2.45, 2.75) is 38.0 Å². The zero-order chi connectivity index (χ0) is 33.6. The number of Topliss-reactive ketones (excluding diaryl/α,β-unsaturated/α-hetero) is 1. The minimum atomic E-state index is -5.21. The second-order valence-corrected chi connectivity index (χ2v) is 12.5. The molecule has 0 aromatic heterocycles. The summed E-state index contributed by atoms with van der Waals surface area (Å²) in [5, 5.41) is 11.2. The molecule has 14 heteroatoms. The SMILES string of the molecule is COc1cc(Br)cc(C2C3=CCC4C(=O)N(c5cc(C(F)(F)F)cc(C(F)(F)F)c5)C(=O)C4C3CC3=C2C(=O)C(C)=CC3=O)c1O. The Morgan fingerprint density at radius 1 is 0.913 bits per heavy atom. The molecule has 4 unspecified atom stereocenters. The summed E-state index contributed by atoms with van der Waals surface area (Å²) in [6.07, 6.45) is -8.01. The average molecular weight is 710 g/mol. The van der Waals surface area contributed by atoms with Gasteiger partial charge in [-0.3, -0.25) is 19.2 Å². The second kappa shape index (κ2) is 10.7. The number of carbonyl (C=O) groups is 4. The lowest BCUT2D eigenvalue weighted by atomic mass is 9.59. The van der Waals surface area contributed by atoms with Crippen LogP contribution in [0, 0.1) is 17.8 Å². The maximum absolute atomic E-state index is 14.0. The highest BCUT2D eigenvalue weighted by atomic mass is 79.9. The van der Waals surface area contributed by atoms with Crippen LogP contribution in [0.1, 0.15) is 42.4 Å². The summed E-state index contributed by atoms with van der Waals surface area (Å²) in [7, 11) is 1.31. The van der Waals surface area contributed by atoms with Gasteiger partial charge < -0.3 is 9.84 Å². The van der Waals surface area contributed by atoms with E-state index in [2.05, 4.69) is 15.9 Å².